The second kappa shape index (κ2) is 11.2. The highest BCUT2D eigenvalue weighted by Crippen LogP contribution is 2.39. The van der Waals surface area contributed by atoms with E-state index in [9.17, 15) is 18.8 Å². The van der Waals surface area contributed by atoms with Gasteiger partial charge < -0.3 is 21.4 Å². The summed E-state index contributed by atoms with van der Waals surface area (Å²) in [6.45, 7) is 1.88. The maximum absolute atomic E-state index is 13.4. The number of rotatable bonds is 6. The van der Waals surface area contributed by atoms with E-state index in [0.717, 1.165) is 27.5 Å². The first-order chi connectivity index (χ1) is 21.2. The Morgan fingerprint density at radius 2 is 1.50 bits per heavy atom. The fraction of sp³-hybridized carbons (Fsp3) is 0.0286. The van der Waals surface area contributed by atoms with E-state index in [2.05, 4.69) is 15.6 Å². The Hall–Kier alpha value is -6.27. The molecule has 0 aliphatic carbocycles. The van der Waals surface area contributed by atoms with Gasteiger partial charge >= 0.3 is 0 Å². The minimum Gasteiger partial charge on any atom is -0.366 e. The zero-order valence-electron chi connectivity index (χ0n) is 23.4. The molecule has 5 aromatic carbocycles. The number of nitrogens with zero attached hydrogens (tertiary/aromatic N) is 1. The van der Waals surface area contributed by atoms with Gasteiger partial charge in [0.2, 0.25) is 0 Å². The fourth-order valence-corrected chi connectivity index (χ4v) is 5.28. The fourth-order valence-electron chi connectivity index (χ4n) is 5.28. The van der Waals surface area contributed by atoms with Crippen LogP contribution in [-0.2, 0) is 0 Å². The third-order valence-electron chi connectivity index (χ3n) is 7.53. The van der Waals surface area contributed by atoms with Crippen LogP contribution in [0.1, 0.15) is 42.2 Å². The Balaban J connectivity index is 1.40. The molecule has 1 heterocycles. The highest BCUT2D eigenvalue weighted by Gasteiger charge is 2.19. The maximum Gasteiger partial charge on any atom is 0.255 e. The van der Waals surface area contributed by atoms with Gasteiger partial charge in [0.25, 0.3) is 17.7 Å². The summed E-state index contributed by atoms with van der Waals surface area (Å²) < 4.78 is 13.4. The highest BCUT2D eigenvalue weighted by molar-refractivity contribution is 6.20. The molecule has 0 atom stereocenters. The first kappa shape index (κ1) is 27.9. The molecular formula is C35H24FN5O3. The average molecular weight is 582 g/mol. The maximum atomic E-state index is 13.4. The number of amides is 3. The Labute approximate surface area is 250 Å². The topological polar surface area (TPSA) is 141 Å². The van der Waals surface area contributed by atoms with Crippen LogP contribution in [0.3, 0.4) is 0 Å². The molecule has 0 aliphatic rings. The van der Waals surface area contributed by atoms with Gasteiger partial charge in [0.15, 0.2) is 0 Å². The molecule has 0 spiro atoms. The Kier molecular flexibility index (Phi) is 7.09. The van der Waals surface area contributed by atoms with Crippen LogP contribution in [0.5, 0.6) is 0 Å². The Morgan fingerprint density at radius 3 is 2.18 bits per heavy atom. The van der Waals surface area contributed by atoms with Gasteiger partial charge in [-0.3, -0.25) is 14.4 Å². The molecule has 1 aromatic heterocycles. The first-order valence-electron chi connectivity index (χ1n) is 13.6. The summed E-state index contributed by atoms with van der Waals surface area (Å²) in [6, 6.07) is 28.1. The first-order valence-corrected chi connectivity index (χ1v) is 13.6. The normalized spacial score (nSPS) is 10.8. The van der Waals surface area contributed by atoms with Gasteiger partial charge in [-0.2, -0.15) is 5.26 Å². The number of carbonyl (C=O) groups is 3. The minimum atomic E-state index is -0.598. The number of nitrogens with one attached hydrogen (secondary N) is 3. The van der Waals surface area contributed by atoms with Crippen LogP contribution < -0.4 is 16.4 Å². The number of nitriles is 1. The van der Waals surface area contributed by atoms with Crippen LogP contribution >= 0.6 is 0 Å². The van der Waals surface area contributed by atoms with E-state index in [-0.39, 0.29) is 11.8 Å². The van der Waals surface area contributed by atoms with Crippen molar-refractivity contribution in [1.82, 2.24) is 4.98 Å². The van der Waals surface area contributed by atoms with Crippen LogP contribution in [0.25, 0.3) is 32.9 Å². The van der Waals surface area contributed by atoms with Gasteiger partial charge in [0.1, 0.15) is 5.82 Å². The van der Waals surface area contributed by atoms with E-state index < -0.39 is 11.7 Å². The van der Waals surface area contributed by atoms with Gasteiger partial charge in [0.05, 0.1) is 22.7 Å². The molecule has 0 saturated heterocycles. The lowest BCUT2D eigenvalue weighted by Gasteiger charge is -2.15. The number of benzene rings is 5. The number of aromatic amines is 1. The lowest BCUT2D eigenvalue weighted by Crippen LogP contribution is -2.13. The summed E-state index contributed by atoms with van der Waals surface area (Å²) in [5.74, 6) is -1.73. The van der Waals surface area contributed by atoms with Crippen molar-refractivity contribution >= 4 is 50.9 Å². The molecule has 0 bridgehead atoms. The number of hydrogen-bond acceptors (Lipinski definition) is 4. The van der Waals surface area contributed by atoms with Crippen LogP contribution in [0.15, 0.2) is 97.1 Å². The molecule has 5 N–H and O–H groups in total. The Morgan fingerprint density at radius 1 is 0.818 bits per heavy atom. The van der Waals surface area contributed by atoms with Gasteiger partial charge in [-0.1, -0.05) is 24.3 Å². The molecule has 0 saturated carbocycles. The standard InChI is InChI=1S/C35H24FN5O3/c1-19-25(3-2-4-29(19)41-35(44)22-9-11-23(36)12-10-22)26-15-16-28(33(38)42)32-31(26)27-14-13-24(17-30(27)40-32)39-34(43)21-7-5-20(18-37)6-8-21/h2-17,40H,1H3,(H2,38,42)(H,39,43)(H,41,44). The van der Waals surface area contributed by atoms with Crippen molar-refractivity contribution in [3.63, 3.8) is 0 Å². The van der Waals surface area contributed by atoms with Crippen molar-refractivity contribution < 1.29 is 18.8 Å². The third-order valence-corrected chi connectivity index (χ3v) is 7.53. The van der Waals surface area contributed by atoms with Gasteiger partial charge in [-0.15, -0.1) is 0 Å². The van der Waals surface area contributed by atoms with Crippen LogP contribution in [-0.4, -0.2) is 22.7 Å². The largest absolute Gasteiger partial charge is 0.366 e. The molecule has 6 aromatic rings. The quantitative estimate of drug-likeness (QED) is 0.170. The molecule has 6 rings (SSSR count). The van der Waals surface area contributed by atoms with Crippen molar-refractivity contribution in [2.45, 2.75) is 6.92 Å². The second-order valence-corrected chi connectivity index (χ2v) is 10.2. The predicted octanol–water partition coefficient (Wildman–Crippen LogP) is 6.91. The van der Waals surface area contributed by atoms with Crippen molar-refractivity contribution in [1.29, 1.82) is 5.26 Å². The summed E-state index contributed by atoms with van der Waals surface area (Å²) in [6.07, 6.45) is 0. The van der Waals surface area contributed by atoms with Crippen LogP contribution in [0, 0.1) is 24.1 Å². The highest BCUT2D eigenvalue weighted by atomic mass is 19.1. The van der Waals surface area contributed by atoms with E-state index >= 15 is 0 Å². The molecule has 0 aliphatic heterocycles. The van der Waals surface area contributed by atoms with Crippen molar-refractivity contribution in [3.8, 4) is 17.2 Å². The van der Waals surface area contributed by atoms with Gasteiger partial charge in [-0.05, 0) is 96.4 Å². The molecule has 9 heteroatoms. The number of fused-ring (bicyclic) bond motifs is 3. The number of hydrogen-bond donors (Lipinski definition) is 4. The van der Waals surface area contributed by atoms with E-state index in [1.807, 2.05) is 37.3 Å². The number of nitrogens with two attached hydrogens (primary N) is 1. The third kappa shape index (κ3) is 5.12. The number of primary amides is 1. The summed E-state index contributed by atoms with van der Waals surface area (Å²) in [7, 11) is 0. The van der Waals surface area contributed by atoms with Crippen LogP contribution in [0.4, 0.5) is 15.8 Å². The van der Waals surface area contributed by atoms with E-state index in [0.29, 0.717) is 44.7 Å². The number of carbonyl (C=O) groups excluding carboxylic acids is 3. The molecule has 214 valence electrons. The number of aromatic nitrogens is 1. The van der Waals surface area contributed by atoms with E-state index in [1.165, 1.54) is 24.3 Å². The Bertz CT molecular complexity index is 2160. The van der Waals surface area contributed by atoms with Gasteiger partial charge in [0, 0.05) is 38.8 Å². The predicted molar refractivity (Wildman–Crippen MR) is 168 cm³/mol. The molecule has 3 amide bonds. The monoisotopic (exact) mass is 581 g/mol. The average Bonchev–Trinajstić information content (AvgIpc) is 3.40. The molecule has 0 unspecified atom stereocenters. The minimum absolute atomic E-state index is 0.307. The van der Waals surface area contributed by atoms with E-state index in [1.54, 1.807) is 48.5 Å². The smallest absolute Gasteiger partial charge is 0.255 e. The summed E-state index contributed by atoms with van der Waals surface area (Å²) in [5, 5.41) is 16.4. The molecule has 8 nitrogen and oxygen atoms in total. The zero-order valence-corrected chi connectivity index (χ0v) is 23.4. The SMILES string of the molecule is Cc1c(NC(=O)c2ccc(F)cc2)cccc1-c1ccc(C(N)=O)c2[nH]c3cc(NC(=O)c4ccc(C#N)cc4)ccc3c12. The van der Waals surface area contributed by atoms with Crippen molar-refractivity contribution in [2.24, 2.45) is 5.73 Å². The van der Waals surface area contributed by atoms with Gasteiger partial charge in [-0.25, -0.2) is 4.39 Å². The summed E-state index contributed by atoms with van der Waals surface area (Å²) in [5.41, 5.74) is 12.0. The lowest BCUT2D eigenvalue weighted by atomic mass is 9.93. The second-order valence-electron chi connectivity index (χ2n) is 10.2. The number of H-pyrrole nitrogens is 1. The molecule has 0 fully saturated rings. The number of halogens is 1. The molecule has 44 heavy (non-hydrogen) atoms. The lowest BCUT2D eigenvalue weighted by molar-refractivity contribution is 0.0997. The van der Waals surface area contributed by atoms with Crippen molar-refractivity contribution in [3.05, 3.63) is 131 Å². The molecule has 0 radical (unpaired) electrons. The number of anilines is 2. The van der Waals surface area contributed by atoms with Crippen LogP contribution in [0.2, 0.25) is 0 Å². The van der Waals surface area contributed by atoms with Crippen molar-refractivity contribution in [2.75, 3.05) is 10.6 Å². The van der Waals surface area contributed by atoms with E-state index in [4.69, 9.17) is 11.0 Å². The zero-order chi connectivity index (χ0) is 31.0. The molecular weight excluding hydrogens is 557 g/mol. The summed E-state index contributed by atoms with van der Waals surface area (Å²) >= 11 is 0. The summed E-state index contributed by atoms with van der Waals surface area (Å²) in [4.78, 5) is 41.4.